The van der Waals surface area contributed by atoms with Crippen LogP contribution in [0.2, 0.25) is 5.02 Å². The topological polar surface area (TPSA) is 76.8 Å². The number of halogens is 1. The lowest BCUT2D eigenvalue weighted by atomic mass is 9.99. The molecule has 1 aliphatic heterocycles. The van der Waals surface area contributed by atoms with Crippen LogP contribution in [-0.2, 0) is 4.74 Å². The van der Waals surface area contributed by atoms with E-state index in [0.717, 1.165) is 13.1 Å². The number of benzene rings is 1. The van der Waals surface area contributed by atoms with Gasteiger partial charge in [-0.3, -0.25) is 9.69 Å². The molecule has 2 atom stereocenters. The molecule has 0 aromatic heterocycles. The molecule has 0 radical (unpaired) electrons. The zero-order chi connectivity index (χ0) is 18.8. The van der Waals surface area contributed by atoms with E-state index in [-0.39, 0.29) is 23.7 Å². The number of rotatable bonds is 5. The molecule has 1 amide bonds. The second kappa shape index (κ2) is 7.81. The average Bonchev–Trinajstić information content (AvgIpc) is 2.54. The molecular formula is C18H28ClN3O3. The Morgan fingerprint density at radius 3 is 2.56 bits per heavy atom. The lowest BCUT2D eigenvalue weighted by Crippen LogP contribution is -2.58. The molecule has 1 aliphatic rings. The predicted molar refractivity (Wildman–Crippen MR) is 100 cm³/mol. The van der Waals surface area contributed by atoms with Crippen LogP contribution in [0.5, 0.6) is 5.75 Å². The first-order chi connectivity index (χ1) is 11.6. The zero-order valence-electron chi connectivity index (χ0n) is 15.6. The standard InChI is InChI=1S/C18H28ClN3O3/c1-11-8-22(9-12(2)25-11)18(3,4)10-21-17(23)13-6-14(19)15(20)7-16(13)24-5/h6-7,11-12H,8-10,20H2,1-5H3,(H,21,23). The monoisotopic (exact) mass is 369 g/mol. The van der Waals surface area contributed by atoms with E-state index in [2.05, 4.69) is 37.9 Å². The number of methoxy groups -OCH3 is 1. The van der Waals surface area contributed by atoms with Gasteiger partial charge in [0.25, 0.3) is 5.91 Å². The second-order valence-corrected chi connectivity index (χ2v) is 7.64. The predicted octanol–water partition coefficient (Wildman–Crippen LogP) is 2.55. The van der Waals surface area contributed by atoms with Crippen LogP contribution in [0.4, 0.5) is 5.69 Å². The molecule has 7 heteroatoms. The van der Waals surface area contributed by atoms with Crippen molar-refractivity contribution in [1.82, 2.24) is 10.2 Å². The van der Waals surface area contributed by atoms with Gasteiger partial charge in [-0.15, -0.1) is 0 Å². The van der Waals surface area contributed by atoms with Gasteiger partial charge in [-0.2, -0.15) is 0 Å². The Balaban J connectivity index is 2.07. The van der Waals surface area contributed by atoms with Gasteiger partial charge in [-0.1, -0.05) is 11.6 Å². The summed E-state index contributed by atoms with van der Waals surface area (Å²) in [6, 6.07) is 3.10. The molecule has 0 aliphatic carbocycles. The summed E-state index contributed by atoms with van der Waals surface area (Å²) in [5.41, 5.74) is 6.33. The van der Waals surface area contributed by atoms with Crippen LogP contribution in [0.25, 0.3) is 0 Å². The highest BCUT2D eigenvalue weighted by atomic mass is 35.5. The number of morpholine rings is 1. The fourth-order valence-electron chi connectivity index (χ4n) is 3.09. The number of carbonyl (C=O) groups excluding carboxylic acids is 1. The molecule has 0 bridgehead atoms. The van der Waals surface area contributed by atoms with Gasteiger partial charge in [-0.05, 0) is 33.8 Å². The molecule has 1 heterocycles. The van der Waals surface area contributed by atoms with Crippen molar-refractivity contribution in [2.75, 3.05) is 32.5 Å². The van der Waals surface area contributed by atoms with Crippen molar-refractivity contribution in [2.45, 2.75) is 45.4 Å². The summed E-state index contributed by atoms with van der Waals surface area (Å²) < 4.78 is 11.0. The Kier molecular flexibility index (Phi) is 6.19. The van der Waals surface area contributed by atoms with Gasteiger partial charge in [0.1, 0.15) is 5.75 Å². The van der Waals surface area contributed by atoms with Gasteiger partial charge in [0.05, 0.1) is 35.6 Å². The molecular weight excluding hydrogens is 342 g/mol. The Labute approximate surface area is 154 Å². The summed E-state index contributed by atoms with van der Waals surface area (Å²) in [7, 11) is 1.50. The molecule has 1 aromatic carbocycles. The number of ether oxygens (including phenoxy) is 2. The van der Waals surface area contributed by atoms with Gasteiger partial charge < -0.3 is 20.5 Å². The maximum absolute atomic E-state index is 12.6. The summed E-state index contributed by atoms with van der Waals surface area (Å²) in [6.07, 6.45) is 0.351. The lowest BCUT2D eigenvalue weighted by molar-refractivity contribution is -0.0948. The highest BCUT2D eigenvalue weighted by Gasteiger charge is 2.33. The van der Waals surface area contributed by atoms with Crippen LogP contribution in [0.3, 0.4) is 0 Å². The highest BCUT2D eigenvalue weighted by molar-refractivity contribution is 6.33. The Bertz CT molecular complexity index is 626. The molecule has 3 N–H and O–H groups in total. The number of hydrogen-bond donors (Lipinski definition) is 2. The molecule has 1 aromatic rings. The SMILES string of the molecule is COc1cc(N)c(Cl)cc1C(=O)NCC(C)(C)N1CC(C)OC(C)C1. The fourth-order valence-corrected chi connectivity index (χ4v) is 3.25. The van der Waals surface area contributed by atoms with E-state index in [4.69, 9.17) is 26.8 Å². The third kappa shape index (κ3) is 4.77. The largest absolute Gasteiger partial charge is 0.496 e. The van der Waals surface area contributed by atoms with Crippen LogP contribution in [0.15, 0.2) is 12.1 Å². The highest BCUT2D eigenvalue weighted by Crippen LogP contribution is 2.29. The number of anilines is 1. The minimum absolute atomic E-state index is 0.176. The van der Waals surface area contributed by atoms with Gasteiger partial charge in [0.2, 0.25) is 0 Å². The molecule has 0 spiro atoms. The average molecular weight is 370 g/mol. The zero-order valence-corrected chi connectivity index (χ0v) is 16.3. The van der Waals surface area contributed by atoms with Crippen molar-refractivity contribution in [3.05, 3.63) is 22.7 Å². The van der Waals surface area contributed by atoms with E-state index >= 15 is 0 Å². The number of nitrogens with one attached hydrogen (secondary N) is 1. The van der Waals surface area contributed by atoms with Gasteiger partial charge in [-0.25, -0.2) is 0 Å². The minimum Gasteiger partial charge on any atom is -0.496 e. The van der Waals surface area contributed by atoms with E-state index in [1.807, 2.05) is 0 Å². The first-order valence-electron chi connectivity index (χ1n) is 8.45. The Morgan fingerprint density at radius 1 is 1.40 bits per heavy atom. The molecule has 140 valence electrons. The minimum atomic E-state index is -0.235. The smallest absolute Gasteiger partial charge is 0.255 e. The Morgan fingerprint density at radius 2 is 2.00 bits per heavy atom. The number of carbonyl (C=O) groups is 1. The summed E-state index contributed by atoms with van der Waals surface area (Å²) >= 11 is 6.05. The third-order valence-electron chi connectivity index (χ3n) is 4.52. The molecule has 2 rings (SSSR count). The first kappa shape index (κ1) is 19.8. The molecule has 1 fully saturated rings. The molecule has 1 saturated heterocycles. The van der Waals surface area contributed by atoms with Crippen molar-refractivity contribution in [1.29, 1.82) is 0 Å². The molecule has 0 saturated carbocycles. The van der Waals surface area contributed by atoms with E-state index in [1.165, 1.54) is 13.2 Å². The molecule has 6 nitrogen and oxygen atoms in total. The lowest BCUT2D eigenvalue weighted by Gasteiger charge is -2.45. The summed E-state index contributed by atoms with van der Waals surface area (Å²) in [4.78, 5) is 15.0. The molecule has 2 unspecified atom stereocenters. The maximum Gasteiger partial charge on any atom is 0.255 e. The number of nitrogen functional groups attached to an aromatic ring is 1. The van der Waals surface area contributed by atoms with E-state index in [1.54, 1.807) is 6.07 Å². The summed E-state index contributed by atoms with van der Waals surface area (Å²) in [5, 5.41) is 3.32. The van der Waals surface area contributed by atoms with Crippen LogP contribution in [0.1, 0.15) is 38.1 Å². The quantitative estimate of drug-likeness (QED) is 0.780. The normalized spacial score (nSPS) is 21.8. The summed E-state index contributed by atoms with van der Waals surface area (Å²) in [5.74, 6) is 0.173. The number of hydrogen-bond acceptors (Lipinski definition) is 5. The number of nitrogens with two attached hydrogens (primary N) is 1. The van der Waals surface area contributed by atoms with Crippen LogP contribution < -0.4 is 15.8 Å². The van der Waals surface area contributed by atoms with E-state index in [9.17, 15) is 4.79 Å². The van der Waals surface area contributed by atoms with Gasteiger partial charge in [0.15, 0.2) is 0 Å². The first-order valence-corrected chi connectivity index (χ1v) is 8.83. The molecule has 25 heavy (non-hydrogen) atoms. The van der Waals surface area contributed by atoms with Crippen LogP contribution in [-0.4, -0.2) is 55.3 Å². The van der Waals surface area contributed by atoms with Gasteiger partial charge >= 0.3 is 0 Å². The number of nitrogens with zero attached hydrogens (tertiary/aromatic N) is 1. The van der Waals surface area contributed by atoms with Crippen LogP contribution in [0, 0.1) is 0 Å². The van der Waals surface area contributed by atoms with Crippen molar-refractivity contribution in [2.24, 2.45) is 0 Å². The summed E-state index contributed by atoms with van der Waals surface area (Å²) in [6.45, 7) is 10.5. The van der Waals surface area contributed by atoms with Crippen molar-refractivity contribution in [3.8, 4) is 5.75 Å². The van der Waals surface area contributed by atoms with E-state index < -0.39 is 0 Å². The Hall–Kier alpha value is -1.50. The van der Waals surface area contributed by atoms with E-state index in [0.29, 0.717) is 28.6 Å². The fraction of sp³-hybridized carbons (Fsp3) is 0.611. The maximum atomic E-state index is 12.6. The van der Waals surface area contributed by atoms with Crippen molar-refractivity contribution < 1.29 is 14.3 Å². The van der Waals surface area contributed by atoms with Crippen molar-refractivity contribution in [3.63, 3.8) is 0 Å². The second-order valence-electron chi connectivity index (χ2n) is 7.23. The van der Waals surface area contributed by atoms with Crippen molar-refractivity contribution >= 4 is 23.2 Å². The third-order valence-corrected chi connectivity index (χ3v) is 4.85. The number of amides is 1. The van der Waals surface area contributed by atoms with Crippen LogP contribution >= 0.6 is 11.6 Å². The van der Waals surface area contributed by atoms with Gasteiger partial charge in [0, 0.05) is 31.2 Å².